The van der Waals surface area contributed by atoms with Crippen molar-refractivity contribution in [2.45, 2.75) is 44.6 Å². The molecule has 108 valence electrons. The fraction of sp³-hybridized carbons (Fsp3) is 0.600. The van der Waals surface area contributed by atoms with Gasteiger partial charge in [-0.3, -0.25) is 10.1 Å². The molecule has 1 N–H and O–H groups in total. The lowest BCUT2D eigenvalue weighted by Gasteiger charge is -2.30. The van der Waals surface area contributed by atoms with E-state index in [1.165, 1.54) is 38.5 Å². The third-order valence-electron chi connectivity index (χ3n) is 4.53. The van der Waals surface area contributed by atoms with E-state index >= 15 is 0 Å². The van der Waals surface area contributed by atoms with Gasteiger partial charge in [-0.05, 0) is 59.5 Å². The number of anilines is 1. The molecule has 0 aromatic heterocycles. The molecular weight excluding hydrogens is 320 g/mol. The fourth-order valence-electron chi connectivity index (χ4n) is 3.31. The summed E-state index contributed by atoms with van der Waals surface area (Å²) in [5.74, 6) is 1.86. The van der Waals surface area contributed by atoms with Crippen LogP contribution in [0, 0.1) is 22.0 Å². The van der Waals surface area contributed by atoms with Gasteiger partial charge in [0.1, 0.15) is 0 Å². The summed E-state index contributed by atoms with van der Waals surface area (Å²) in [6.07, 6.45) is 7.95. The molecule has 0 heterocycles. The number of rotatable bonds is 4. The maximum atomic E-state index is 10.7. The summed E-state index contributed by atoms with van der Waals surface area (Å²) in [4.78, 5) is 10.4. The van der Waals surface area contributed by atoms with Gasteiger partial charge in [0.2, 0.25) is 0 Å². The first-order chi connectivity index (χ1) is 9.63. The van der Waals surface area contributed by atoms with Crippen LogP contribution in [-0.4, -0.2) is 11.0 Å². The van der Waals surface area contributed by atoms with Gasteiger partial charge in [-0.2, -0.15) is 0 Å². The van der Waals surface area contributed by atoms with Crippen molar-refractivity contribution < 1.29 is 4.92 Å². The Labute approximate surface area is 127 Å². The predicted molar refractivity (Wildman–Crippen MR) is 82.9 cm³/mol. The SMILES string of the molecule is O=[N+]([O-])c1ccc(NC2CCCC(C3CC3)C2)c(Br)c1. The van der Waals surface area contributed by atoms with Crippen molar-refractivity contribution in [2.75, 3.05) is 5.32 Å². The summed E-state index contributed by atoms with van der Waals surface area (Å²) in [6, 6.07) is 5.45. The Bertz CT molecular complexity index is 517. The van der Waals surface area contributed by atoms with Crippen LogP contribution in [0.3, 0.4) is 0 Å². The number of hydrogen-bond donors (Lipinski definition) is 1. The Kier molecular flexibility index (Phi) is 3.96. The van der Waals surface area contributed by atoms with Crippen LogP contribution in [0.15, 0.2) is 22.7 Å². The minimum Gasteiger partial charge on any atom is -0.381 e. The average molecular weight is 339 g/mol. The Morgan fingerprint density at radius 3 is 2.65 bits per heavy atom. The largest absolute Gasteiger partial charge is 0.381 e. The van der Waals surface area contributed by atoms with Gasteiger partial charge in [0, 0.05) is 28.3 Å². The zero-order valence-corrected chi connectivity index (χ0v) is 12.9. The Hall–Kier alpha value is -1.10. The van der Waals surface area contributed by atoms with E-state index in [-0.39, 0.29) is 10.6 Å². The molecule has 0 spiro atoms. The molecule has 0 aliphatic heterocycles. The highest BCUT2D eigenvalue weighted by Gasteiger charge is 2.34. The number of halogens is 1. The Balaban J connectivity index is 1.66. The summed E-state index contributed by atoms with van der Waals surface area (Å²) in [5.41, 5.74) is 1.10. The lowest BCUT2D eigenvalue weighted by molar-refractivity contribution is -0.384. The molecule has 0 radical (unpaired) electrons. The molecule has 1 aromatic carbocycles. The van der Waals surface area contributed by atoms with Crippen molar-refractivity contribution in [3.05, 3.63) is 32.8 Å². The highest BCUT2D eigenvalue weighted by Crippen LogP contribution is 2.44. The van der Waals surface area contributed by atoms with E-state index in [0.717, 1.165) is 22.0 Å². The van der Waals surface area contributed by atoms with Crippen molar-refractivity contribution in [3.63, 3.8) is 0 Å². The molecule has 4 nitrogen and oxygen atoms in total. The standard InChI is InChI=1S/C15H19BrN2O2/c16-14-9-13(18(19)20)6-7-15(14)17-12-3-1-2-11(8-12)10-4-5-10/h6-7,9-12,17H,1-5,8H2. The smallest absolute Gasteiger partial charge is 0.270 e. The topological polar surface area (TPSA) is 55.2 Å². The minimum atomic E-state index is -0.363. The van der Waals surface area contributed by atoms with Crippen LogP contribution in [0.5, 0.6) is 0 Å². The molecule has 0 amide bonds. The molecule has 2 fully saturated rings. The van der Waals surface area contributed by atoms with E-state index in [0.29, 0.717) is 6.04 Å². The maximum Gasteiger partial charge on any atom is 0.270 e. The molecular formula is C15H19BrN2O2. The second-order valence-electron chi connectivity index (χ2n) is 6.03. The normalized spacial score (nSPS) is 26.2. The molecule has 20 heavy (non-hydrogen) atoms. The second-order valence-corrected chi connectivity index (χ2v) is 6.88. The summed E-state index contributed by atoms with van der Waals surface area (Å²) in [6.45, 7) is 0. The fourth-order valence-corrected chi connectivity index (χ4v) is 3.79. The van der Waals surface area contributed by atoms with Gasteiger partial charge in [0.25, 0.3) is 5.69 Å². The second kappa shape index (κ2) is 5.72. The molecule has 2 aliphatic rings. The van der Waals surface area contributed by atoms with Crippen LogP contribution >= 0.6 is 15.9 Å². The molecule has 0 saturated heterocycles. The molecule has 2 atom stereocenters. The van der Waals surface area contributed by atoms with E-state index < -0.39 is 0 Å². The van der Waals surface area contributed by atoms with E-state index in [1.54, 1.807) is 12.1 Å². The maximum absolute atomic E-state index is 10.7. The highest BCUT2D eigenvalue weighted by molar-refractivity contribution is 9.10. The van der Waals surface area contributed by atoms with Crippen molar-refractivity contribution in [1.29, 1.82) is 0 Å². The number of nitrogens with one attached hydrogen (secondary N) is 1. The molecule has 2 aliphatic carbocycles. The number of hydrogen-bond acceptors (Lipinski definition) is 3. The van der Waals surface area contributed by atoms with Gasteiger partial charge >= 0.3 is 0 Å². The van der Waals surface area contributed by atoms with Gasteiger partial charge in [0.05, 0.1) is 4.92 Å². The van der Waals surface area contributed by atoms with Gasteiger partial charge in [0.15, 0.2) is 0 Å². The third kappa shape index (κ3) is 3.14. The Morgan fingerprint density at radius 2 is 2.00 bits per heavy atom. The molecule has 0 bridgehead atoms. The van der Waals surface area contributed by atoms with Crippen LogP contribution in [-0.2, 0) is 0 Å². The van der Waals surface area contributed by atoms with E-state index in [9.17, 15) is 10.1 Å². The lowest BCUT2D eigenvalue weighted by Crippen LogP contribution is -2.28. The monoisotopic (exact) mass is 338 g/mol. The number of non-ortho nitro benzene ring substituents is 1. The zero-order chi connectivity index (χ0) is 14.1. The molecule has 3 rings (SSSR count). The van der Waals surface area contributed by atoms with Crippen molar-refractivity contribution >= 4 is 27.3 Å². The van der Waals surface area contributed by atoms with Crippen LogP contribution in [0.25, 0.3) is 0 Å². The van der Waals surface area contributed by atoms with Crippen LogP contribution < -0.4 is 5.32 Å². The van der Waals surface area contributed by atoms with Crippen LogP contribution in [0.4, 0.5) is 11.4 Å². The minimum absolute atomic E-state index is 0.127. The molecule has 2 saturated carbocycles. The van der Waals surface area contributed by atoms with Crippen LogP contribution in [0.2, 0.25) is 0 Å². The number of nitro benzene ring substituents is 1. The molecule has 5 heteroatoms. The predicted octanol–water partition coefficient (Wildman–Crippen LogP) is 4.74. The van der Waals surface area contributed by atoms with Crippen molar-refractivity contribution in [1.82, 2.24) is 0 Å². The van der Waals surface area contributed by atoms with Gasteiger partial charge in [-0.1, -0.05) is 12.8 Å². The summed E-state index contributed by atoms with van der Waals surface area (Å²) < 4.78 is 0.778. The summed E-state index contributed by atoms with van der Waals surface area (Å²) in [7, 11) is 0. The lowest BCUT2D eigenvalue weighted by atomic mass is 9.82. The first-order valence-electron chi connectivity index (χ1n) is 7.34. The van der Waals surface area contributed by atoms with Crippen molar-refractivity contribution in [2.24, 2.45) is 11.8 Å². The van der Waals surface area contributed by atoms with E-state index in [1.807, 2.05) is 6.07 Å². The zero-order valence-electron chi connectivity index (χ0n) is 11.3. The quantitative estimate of drug-likeness (QED) is 0.637. The highest BCUT2D eigenvalue weighted by atomic mass is 79.9. The summed E-state index contributed by atoms with van der Waals surface area (Å²) >= 11 is 3.43. The number of benzene rings is 1. The first kappa shape index (κ1) is 13.9. The average Bonchev–Trinajstić information content (AvgIpc) is 3.25. The molecule has 1 aromatic rings. The van der Waals surface area contributed by atoms with E-state index in [2.05, 4.69) is 21.2 Å². The van der Waals surface area contributed by atoms with Gasteiger partial charge in [-0.25, -0.2) is 0 Å². The third-order valence-corrected chi connectivity index (χ3v) is 5.18. The first-order valence-corrected chi connectivity index (χ1v) is 8.13. The molecule has 2 unspecified atom stereocenters. The van der Waals surface area contributed by atoms with Gasteiger partial charge in [-0.15, -0.1) is 0 Å². The Morgan fingerprint density at radius 1 is 1.20 bits per heavy atom. The summed E-state index contributed by atoms with van der Waals surface area (Å²) in [5, 5.41) is 14.3. The number of nitro groups is 1. The number of nitrogens with zero attached hydrogens (tertiary/aromatic N) is 1. The van der Waals surface area contributed by atoms with E-state index in [4.69, 9.17) is 0 Å². The van der Waals surface area contributed by atoms with Gasteiger partial charge < -0.3 is 5.32 Å². The van der Waals surface area contributed by atoms with Crippen LogP contribution in [0.1, 0.15) is 38.5 Å². The van der Waals surface area contributed by atoms with Crippen molar-refractivity contribution in [3.8, 4) is 0 Å².